The summed E-state index contributed by atoms with van der Waals surface area (Å²) in [5.41, 5.74) is 0.662. The Labute approximate surface area is 95.8 Å². The fourth-order valence-corrected chi connectivity index (χ4v) is 2.54. The van der Waals surface area contributed by atoms with Gasteiger partial charge in [0.15, 0.2) is 0 Å². The van der Waals surface area contributed by atoms with Gasteiger partial charge in [0, 0.05) is 16.1 Å². The molecule has 0 saturated carbocycles. The van der Waals surface area contributed by atoms with Crippen LogP contribution in [0.3, 0.4) is 0 Å². The van der Waals surface area contributed by atoms with Gasteiger partial charge in [0.05, 0.1) is 5.02 Å². The van der Waals surface area contributed by atoms with Gasteiger partial charge in [-0.2, -0.15) is 0 Å². The van der Waals surface area contributed by atoms with Crippen molar-refractivity contribution < 1.29 is 4.39 Å². The van der Waals surface area contributed by atoms with E-state index in [-0.39, 0.29) is 16.9 Å². The first kappa shape index (κ1) is 10.4. The van der Waals surface area contributed by atoms with E-state index in [2.05, 4.69) is 21.2 Å². The molecule has 4 heteroatoms. The topological polar surface area (TPSA) is 12.0 Å². The molecule has 1 N–H and O–H groups in total. The summed E-state index contributed by atoms with van der Waals surface area (Å²) in [6.07, 6.45) is 2.05. The summed E-state index contributed by atoms with van der Waals surface area (Å²) < 4.78 is 14.5. The molecule has 1 nitrogen and oxygen atoms in total. The zero-order valence-electron chi connectivity index (χ0n) is 7.49. The third kappa shape index (κ3) is 1.81. The van der Waals surface area contributed by atoms with Crippen LogP contribution < -0.4 is 5.32 Å². The minimum absolute atomic E-state index is 0.100. The first-order valence-electron chi connectivity index (χ1n) is 4.57. The molecule has 1 atom stereocenters. The Balaban J connectivity index is 2.44. The van der Waals surface area contributed by atoms with Crippen LogP contribution in [-0.2, 0) is 0 Å². The number of hydrogen-bond donors (Lipinski definition) is 1. The molecule has 0 amide bonds. The zero-order chi connectivity index (χ0) is 10.1. The van der Waals surface area contributed by atoms with E-state index in [9.17, 15) is 4.39 Å². The highest BCUT2D eigenvalue weighted by Gasteiger charge is 2.23. The van der Waals surface area contributed by atoms with Crippen LogP contribution in [0.4, 0.5) is 4.39 Å². The number of halogens is 3. The number of hydrogen-bond acceptors (Lipinski definition) is 1. The fraction of sp³-hybridized carbons (Fsp3) is 0.400. The largest absolute Gasteiger partial charge is 0.310 e. The lowest BCUT2D eigenvalue weighted by Crippen LogP contribution is -2.15. The summed E-state index contributed by atoms with van der Waals surface area (Å²) in [6, 6.07) is 3.46. The van der Waals surface area contributed by atoms with E-state index in [0.29, 0.717) is 5.56 Å². The van der Waals surface area contributed by atoms with Crippen LogP contribution >= 0.6 is 27.5 Å². The van der Waals surface area contributed by atoms with E-state index in [4.69, 9.17) is 11.6 Å². The highest BCUT2D eigenvalue weighted by Crippen LogP contribution is 2.34. The molecule has 1 fully saturated rings. The van der Waals surface area contributed by atoms with Gasteiger partial charge in [0.25, 0.3) is 0 Å². The molecule has 1 aliphatic heterocycles. The van der Waals surface area contributed by atoms with Crippen LogP contribution in [0.25, 0.3) is 0 Å². The van der Waals surface area contributed by atoms with E-state index in [1.807, 2.05) is 0 Å². The van der Waals surface area contributed by atoms with Crippen molar-refractivity contribution in [3.05, 3.63) is 33.0 Å². The van der Waals surface area contributed by atoms with Crippen LogP contribution in [0.2, 0.25) is 5.02 Å². The SMILES string of the molecule is Fc1c(Cl)ccc(Br)c1C1CCCN1. The second-order valence-corrected chi connectivity index (χ2v) is 4.67. The lowest BCUT2D eigenvalue weighted by molar-refractivity contribution is 0.556. The molecule has 0 bridgehead atoms. The van der Waals surface area contributed by atoms with Crippen molar-refractivity contribution in [2.75, 3.05) is 6.54 Å². The molecule has 1 aromatic carbocycles. The van der Waals surface area contributed by atoms with Gasteiger partial charge >= 0.3 is 0 Å². The lowest BCUT2D eigenvalue weighted by Gasteiger charge is -2.14. The monoisotopic (exact) mass is 277 g/mol. The van der Waals surface area contributed by atoms with E-state index in [1.54, 1.807) is 12.1 Å². The smallest absolute Gasteiger partial charge is 0.147 e. The van der Waals surface area contributed by atoms with Gasteiger partial charge in [-0.3, -0.25) is 0 Å². The summed E-state index contributed by atoms with van der Waals surface area (Å²) in [5.74, 6) is -0.305. The molecule has 0 spiro atoms. The predicted octanol–water partition coefficient (Wildman–Crippen LogP) is 3.67. The number of rotatable bonds is 1. The van der Waals surface area contributed by atoms with E-state index in [1.165, 1.54) is 0 Å². The summed E-state index contributed by atoms with van der Waals surface area (Å²) in [5, 5.41) is 3.44. The Hall–Kier alpha value is -0.120. The first-order valence-corrected chi connectivity index (χ1v) is 5.74. The van der Waals surface area contributed by atoms with E-state index in [0.717, 1.165) is 23.9 Å². The Morgan fingerprint density at radius 1 is 1.50 bits per heavy atom. The number of benzene rings is 1. The molecule has 0 aliphatic carbocycles. The van der Waals surface area contributed by atoms with Crippen LogP contribution in [0, 0.1) is 5.82 Å². The Morgan fingerprint density at radius 2 is 2.29 bits per heavy atom. The van der Waals surface area contributed by atoms with Gasteiger partial charge < -0.3 is 5.32 Å². The third-order valence-electron chi connectivity index (χ3n) is 2.49. The molecule has 14 heavy (non-hydrogen) atoms. The summed E-state index contributed by atoms with van der Waals surface area (Å²) in [6.45, 7) is 0.947. The maximum absolute atomic E-state index is 13.7. The molecule has 1 saturated heterocycles. The Kier molecular flexibility index (Phi) is 3.10. The molecule has 1 aliphatic rings. The Bertz CT molecular complexity index is 350. The van der Waals surface area contributed by atoms with Crippen molar-refractivity contribution in [1.29, 1.82) is 0 Å². The fourth-order valence-electron chi connectivity index (χ4n) is 1.79. The summed E-state index contributed by atoms with van der Waals surface area (Å²) in [7, 11) is 0. The van der Waals surface area contributed by atoms with Gasteiger partial charge in [-0.1, -0.05) is 27.5 Å². The van der Waals surface area contributed by atoms with Crippen molar-refractivity contribution in [2.45, 2.75) is 18.9 Å². The normalized spacial score (nSPS) is 21.5. The first-order chi connectivity index (χ1) is 6.70. The van der Waals surface area contributed by atoms with Crippen molar-refractivity contribution in [3.63, 3.8) is 0 Å². The molecular weight excluding hydrogens is 268 g/mol. The average molecular weight is 279 g/mol. The predicted molar refractivity (Wildman–Crippen MR) is 59.1 cm³/mol. The Morgan fingerprint density at radius 3 is 2.93 bits per heavy atom. The zero-order valence-corrected chi connectivity index (χ0v) is 9.83. The van der Waals surface area contributed by atoms with Gasteiger partial charge in [-0.05, 0) is 31.5 Å². The number of nitrogens with one attached hydrogen (secondary N) is 1. The third-order valence-corrected chi connectivity index (χ3v) is 3.47. The molecule has 1 heterocycles. The van der Waals surface area contributed by atoms with Gasteiger partial charge in [0.1, 0.15) is 5.82 Å². The van der Waals surface area contributed by atoms with Crippen molar-refractivity contribution in [3.8, 4) is 0 Å². The quantitative estimate of drug-likeness (QED) is 0.773. The van der Waals surface area contributed by atoms with Crippen LogP contribution in [0.5, 0.6) is 0 Å². The standard InChI is InChI=1S/C10H10BrClFN/c11-6-3-4-7(12)10(13)9(6)8-2-1-5-14-8/h3-4,8,14H,1-2,5H2. The molecule has 76 valence electrons. The molecular formula is C10H10BrClFN. The minimum Gasteiger partial charge on any atom is -0.310 e. The molecule has 2 rings (SSSR count). The van der Waals surface area contributed by atoms with Gasteiger partial charge in [-0.25, -0.2) is 4.39 Å². The maximum atomic E-state index is 13.7. The molecule has 0 radical (unpaired) electrons. The lowest BCUT2D eigenvalue weighted by atomic mass is 10.0. The highest BCUT2D eigenvalue weighted by molar-refractivity contribution is 9.10. The van der Waals surface area contributed by atoms with Crippen LogP contribution in [0.1, 0.15) is 24.4 Å². The van der Waals surface area contributed by atoms with Gasteiger partial charge in [-0.15, -0.1) is 0 Å². The van der Waals surface area contributed by atoms with Crippen molar-refractivity contribution >= 4 is 27.5 Å². The maximum Gasteiger partial charge on any atom is 0.147 e. The van der Waals surface area contributed by atoms with Crippen LogP contribution in [-0.4, -0.2) is 6.54 Å². The molecule has 0 aromatic heterocycles. The van der Waals surface area contributed by atoms with E-state index < -0.39 is 0 Å². The van der Waals surface area contributed by atoms with E-state index >= 15 is 0 Å². The minimum atomic E-state index is -0.305. The molecule has 1 unspecified atom stereocenters. The highest BCUT2D eigenvalue weighted by atomic mass is 79.9. The second-order valence-electron chi connectivity index (χ2n) is 3.41. The summed E-state index contributed by atoms with van der Waals surface area (Å²) >= 11 is 9.09. The van der Waals surface area contributed by atoms with Crippen LogP contribution in [0.15, 0.2) is 16.6 Å². The van der Waals surface area contributed by atoms with Crippen molar-refractivity contribution in [2.24, 2.45) is 0 Å². The summed E-state index contributed by atoms with van der Waals surface area (Å²) in [4.78, 5) is 0. The average Bonchev–Trinajstić information content (AvgIpc) is 2.65. The second kappa shape index (κ2) is 4.17. The van der Waals surface area contributed by atoms with Gasteiger partial charge in [0.2, 0.25) is 0 Å². The molecule has 1 aromatic rings. The van der Waals surface area contributed by atoms with Crippen molar-refractivity contribution in [1.82, 2.24) is 5.32 Å².